The van der Waals surface area contributed by atoms with Gasteiger partial charge in [0.25, 0.3) is 0 Å². The van der Waals surface area contributed by atoms with E-state index in [0.29, 0.717) is 22.3 Å². The van der Waals surface area contributed by atoms with Gasteiger partial charge in [-0.15, -0.1) is 0 Å². The molecular weight excluding hydrogens is 284 g/mol. The first-order chi connectivity index (χ1) is 10.5. The molecule has 0 saturated heterocycles. The van der Waals surface area contributed by atoms with Crippen molar-refractivity contribution in [1.82, 2.24) is 0 Å². The van der Waals surface area contributed by atoms with E-state index >= 15 is 0 Å². The van der Waals surface area contributed by atoms with Crippen LogP contribution in [0.3, 0.4) is 0 Å². The second-order valence-electron chi connectivity index (χ2n) is 5.48. The van der Waals surface area contributed by atoms with Crippen LogP contribution in [0.25, 0.3) is 0 Å². The zero-order chi connectivity index (χ0) is 15.9. The van der Waals surface area contributed by atoms with Gasteiger partial charge in [0.05, 0.1) is 25.7 Å². The fraction of sp³-hybridized carbons (Fsp3) is 0.353. The van der Waals surface area contributed by atoms with Crippen LogP contribution in [0, 0.1) is 0 Å². The Hall–Kier alpha value is -2.27. The number of ketones is 2. The highest BCUT2D eigenvalue weighted by molar-refractivity contribution is 6.27. The van der Waals surface area contributed by atoms with E-state index in [0.717, 1.165) is 0 Å². The van der Waals surface area contributed by atoms with Crippen molar-refractivity contribution in [1.29, 1.82) is 0 Å². The van der Waals surface area contributed by atoms with Crippen LogP contribution in [0.15, 0.2) is 35.4 Å². The van der Waals surface area contributed by atoms with Gasteiger partial charge in [0.1, 0.15) is 0 Å². The molecule has 5 heteroatoms. The topological polar surface area (TPSA) is 69.7 Å². The minimum Gasteiger partial charge on any atom is -0.469 e. The number of Topliss-reactive ketones (excluding diaryl/α,β-unsaturated/α-hetero) is 2. The number of rotatable bonds is 2. The van der Waals surface area contributed by atoms with Gasteiger partial charge in [0.2, 0.25) is 0 Å². The molecule has 0 amide bonds. The predicted octanol–water partition coefficient (Wildman–Crippen LogP) is 2.10. The lowest BCUT2D eigenvalue weighted by Crippen LogP contribution is -2.38. The van der Waals surface area contributed by atoms with Crippen LogP contribution in [-0.4, -0.2) is 36.9 Å². The fourth-order valence-electron chi connectivity index (χ4n) is 3.10. The second-order valence-corrected chi connectivity index (χ2v) is 5.48. The van der Waals surface area contributed by atoms with Gasteiger partial charge < -0.3 is 9.47 Å². The molecule has 0 spiro atoms. The molecule has 22 heavy (non-hydrogen) atoms. The van der Waals surface area contributed by atoms with E-state index in [9.17, 15) is 14.4 Å². The Bertz CT molecular complexity index is 701. The maximum atomic E-state index is 12.7. The van der Waals surface area contributed by atoms with Crippen LogP contribution in [0.1, 0.15) is 40.5 Å². The lowest BCUT2D eigenvalue weighted by atomic mass is 9.78. The van der Waals surface area contributed by atoms with Crippen LogP contribution < -0.4 is 0 Å². The standard InChI is InChI=1S/C17H16O5/c1-9-15-13(7-10(22-9)8-14(18)21-2)16(19)11-5-3-4-6-12(11)17(15)20/h3-6,9-10H,7-8H2,1-2H3/t9-,10+/m0/s1. The van der Waals surface area contributed by atoms with Crippen molar-refractivity contribution in [3.8, 4) is 0 Å². The number of methoxy groups -OCH3 is 1. The normalized spacial score (nSPS) is 23.9. The van der Waals surface area contributed by atoms with Crippen molar-refractivity contribution in [2.45, 2.75) is 32.0 Å². The van der Waals surface area contributed by atoms with Crippen LogP contribution in [0.5, 0.6) is 0 Å². The van der Waals surface area contributed by atoms with Gasteiger partial charge in [0.15, 0.2) is 11.6 Å². The molecule has 1 aliphatic heterocycles. The van der Waals surface area contributed by atoms with Gasteiger partial charge in [-0.05, 0) is 6.92 Å². The lowest BCUT2D eigenvalue weighted by Gasteiger charge is -2.33. The summed E-state index contributed by atoms with van der Waals surface area (Å²) in [4.78, 5) is 36.7. The Morgan fingerprint density at radius 1 is 1.23 bits per heavy atom. The summed E-state index contributed by atoms with van der Waals surface area (Å²) >= 11 is 0. The molecule has 3 rings (SSSR count). The third kappa shape index (κ3) is 2.27. The summed E-state index contributed by atoms with van der Waals surface area (Å²) in [5.74, 6) is -0.694. The lowest BCUT2D eigenvalue weighted by molar-refractivity contribution is -0.144. The molecule has 0 aromatic heterocycles. The van der Waals surface area contributed by atoms with Crippen molar-refractivity contribution in [3.63, 3.8) is 0 Å². The summed E-state index contributed by atoms with van der Waals surface area (Å²) in [7, 11) is 1.31. The zero-order valence-corrected chi connectivity index (χ0v) is 12.4. The quantitative estimate of drug-likeness (QED) is 0.782. The summed E-state index contributed by atoms with van der Waals surface area (Å²) in [6, 6.07) is 6.80. The van der Waals surface area contributed by atoms with Crippen LogP contribution in [0.4, 0.5) is 0 Å². The monoisotopic (exact) mass is 300 g/mol. The van der Waals surface area contributed by atoms with Crippen LogP contribution in [0.2, 0.25) is 0 Å². The van der Waals surface area contributed by atoms with E-state index in [1.807, 2.05) is 0 Å². The number of benzene rings is 1. The van der Waals surface area contributed by atoms with Crippen molar-refractivity contribution < 1.29 is 23.9 Å². The van der Waals surface area contributed by atoms with E-state index in [4.69, 9.17) is 4.74 Å². The van der Waals surface area contributed by atoms with E-state index in [2.05, 4.69) is 4.74 Å². The third-order valence-corrected chi connectivity index (χ3v) is 4.12. The Morgan fingerprint density at radius 2 is 1.86 bits per heavy atom. The number of carbonyl (C=O) groups excluding carboxylic acids is 3. The Morgan fingerprint density at radius 3 is 2.50 bits per heavy atom. The molecular formula is C17H16O5. The highest BCUT2D eigenvalue weighted by Crippen LogP contribution is 2.36. The highest BCUT2D eigenvalue weighted by atomic mass is 16.5. The molecule has 1 aliphatic carbocycles. The number of hydrogen-bond acceptors (Lipinski definition) is 5. The molecule has 0 saturated carbocycles. The van der Waals surface area contributed by atoms with E-state index < -0.39 is 18.2 Å². The van der Waals surface area contributed by atoms with E-state index in [1.54, 1.807) is 31.2 Å². The van der Waals surface area contributed by atoms with Gasteiger partial charge in [-0.1, -0.05) is 24.3 Å². The Kier molecular flexibility index (Phi) is 3.66. The van der Waals surface area contributed by atoms with Gasteiger partial charge in [-0.25, -0.2) is 0 Å². The molecule has 0 unspecified atom stereocenters. The first-order valence-electron chi connectivity index (χ1n) is 7.16. The van der Waals surface area contributed by atoms with Gasteiger partial charge >= 0.3 is 5.97 Å². The van der Waals surface area contributed by atoms with Crippen molar-refractivity contribution in [2.75, 3.05) is 7.11 Å². The molecule has 5 nitrogen and oxygen atoms in total. The number of ether oxygens (including phenoxy) is 2. The molecule has 114 valence electrons. The number of esters is 1. The van der Waals surface area contributed by atoms with Gasteiger partial charge in [-0.2, -0.15) is 0 Å². The summed E-state index contributed by atoms with van der Waals surface area (Å²) in [6.45, 7) is 1.73. The number of carbonyl (C=O) groups is 3. The molecule has 0 bridgehead atoms. The van der Waals surface area contributed by atoms with Gasteiger partial charge in [0, 0.05) is 28.7 Å². The van der Waals surface area contributed by atoms with Crippen molar-refractivity contribution in [2.24, 2.45) is 0 Å². The minimum atomic E-state index is -0.511. The Balaban J connectivity index is 1.98. The molecule has 0 fully saturated rings. The smallest absolute Gasteiger partial charge is 0.308 e. The summed E-state index contributed by atoms with van der Waals surface area (Å²) < 4.78 is 10.4. The largest absolute Gasteiger partial charge is 0.469 e. The minimum absolute atomic E-state index is 0.0702. The second kappa shape index (κ2) is 5.50. The average molecular weight is 300 g/mol. The molecule has 1 aromatic carbocycles. The molecule has 0 N–H and O–H groups in total. The number of hydrogen-bond donors (Lipinski definition) is 0. The first-order valence-corrected chi connectivity index (χ1v) is 7.16. The van der Waals surface area contributed by atoms with Crippen molar-refractivity contribution in [3.05, 3.63) is 46.5 Å². The summed E-state index contributed by atoms with van der Waals surface area (Å²) in [5, 5.41) is 0. The fourth-order valence-corrected chi connectivity index (χ4v) is 3.10. The first kappa shape index (κ1) is 14.7. The zero-order valence-electron chi connectivity index (χ0n) is 12.4. The Labute approximate surface area is 127 Å². The molecule has 2 aliphatic rings. The molecule has 2 atom stereocenters. The van der Waals surface area contributed by atoms with E-state index in [-0.39, 0.29) is 24.4 Å². The SMILES string of the molecule is COC(=O)C[C@H]1CC2=C(C(=O)c3ccccc3C2=O)[C@H](C)O1. The maximum Gasteiger partial charge on any atom is 0.308 e. The molecule has 1 aromatic rings. The van der Waals surface area contributed by atoms with Crippen LogP contribution in [-0.2, 0) is 14.3 Å². The summed E-state index contributed by atoms with van der Waals surface area (Å²) in [6.07, 6.45) is -0.625. The average Bonchev–Trinajstić information content (AvgIpc) is 2.52. The van der Waals surface area contributed by atoms with Crippen LogP contribution >= 0.6 is 0 Å². The van der Waals surface area contributed by atoms with E-state index in [1.165, 1.54) is 7.11 Å². The molecule has 1 heterocycles. The predicted molar refractivity (Wildman–Crippen MR) is 77.7 cm³/mol. The summed E-state index contributed by atoms with van der Waals surface area (Å²) in [5.41, 5.74) is 1.74. The highest BCUT2D eigenvalue weighted by Gasteiger charge is 2.40. The third-order valence-electron chi connectivity index (χ3n) is 4.12. The maximum absolute atomic E-state index is 12.7. The van der Waals surface area contributed by atoms with Crippen molar-refractivity contribution >= 4 is 17.5 Å². The van der Waals surface area contributed by atoms with Gasteiger partial charge in [-0.3, -0.25) is 14.4 Å². The number of fused-ring (bicyclic) bond motifs is 1. The molecule has 0 radical (unpaired) electrons.